The Morgan fingerprint density at radius 2 is 2.12 bits per heavy atom. The smallest absolute Gasteiger partial charge is 0.165 e. The summed E-state index contributed by atoms with van der Waals surface area (Å²) in [6.45, 7) is 5.41. The molecule has 124 valence electrons. The first-order valence-corrected chi connectivity index (χ1v) is 8.33. The molecule has 1 aliphatic heterocycles. The van der Waals surface area contributed by atoms with Crippen LogP contribution in [0.2, 0.25) is 0 Å². The van der Waals surface area contributed by atoms with Crippen LogP contribution in [0.5, 0.6) is 5.75 Å². The molecular formula is C18H21N5O. The Bertz CT molecular complexity index is 858. The van der Waals surface area contributed by atoms with Gasteiger partial charge in [-0.2, -0.15) is 5.10 Å². The predicted octanol–water partition coefficient (Wildman–Crippen LogP) is 2.49. The molecule has 24 heavy (non-hydrogen) atoms. The minimum Gasteiger partial charge on any atom is -0.492 e. The van der Waals surface area contributed by atoms with Crippen molar-refractivity contribution < 1.29 is 4.74 Å². The predicted molar refractivity (Wildman–Crippen MR) is 94.6 cm³/mol. The van der Waals surface area contributed by atoms with Crippen LogP contribution >= 0.6 is 0 Å². The zero-order chi connectivity index (χ0) is 16.4. The van der Waals surface area contributed by atoms with Crippen LogP contribution in [0.4, 0.5) is 5.82 Å². The molecule has 0 fully saturated rings. The summed E-state index contributed by atoms with van der Waals surface area (Å²) < 4.78 is 7.71. The zero-order valence-electron chi connectivity index (χ0n) is 13.7. The first-order valence-electron chi connectivity index (χ1n) is 8.33. The third kappa shape index (κ3) is 3.05. The van der Waals surface area contributed by atoms with Crippen molar-refractivity contribution in [1.82, 2.24) is 19.9 Å². The number of rotatable bonds is 0. The zero-order valence-corrected chi connectivity index (χ0v) is 13.7. The molecule has 0 radical (unpaired) electrons. The summed E-state index contributed by atoms with van der Waals surface area (Å²) >= 11 is 0. The quantitative estimate of drug-likeness (QED) is 0.665. The number of fused-ring (bicyclic) bond motifs is 4. The van der Waals surface area contributed by atoms with E-state index in [4.69, 9.17) is 9.72 Å². The van der Waals surface area contributed by atoms with Gasteiger partial charge < -0.3 is 15.4 Å². The summed E-state index contributed by atoms with van der Waals surface area (Å²) in [5.41, 5.74) is 4.10. The number of aryl methyl sites for hydroxylation is 1. The van der Waals surface area contributed by atoms with Crippen molar-refractivity contribution in [3.05, 3.63) is 42.2 Å². The Balaban J connectivity index is 1.81. The second-order valence-electron chi connectivity index (χ2n) is 6.05. The van der Waals surface area contributed by atoms with E-state index < -0.39 is 0 Å². The van der Waals surface area contributed by atoms with Gasteiger partial charge in [-0.05, 0) is 49.2 Å². The third-order valence-electron chi connectivity index (χ3n) is 4.11. The van der Waals surface area contributed by atoms with E-state index in [9.17, 15) is 0 Å². The summed E-state index contributed by atoms with van der Waals surface area (Å²) in [5.74, 6) is 1.76. The normalized spacial score (nSPS) is 15.4. The summed E-state index contributed by atoms with van der Waals surface area (Å²) in [4.78, 5) is 4.74. The summed E-state index contributed by atoms with van der Waals surface area (Å²) in [6.07, 6.45) is 4.84. The molecule has 0 saturated heterocycles. The van der Waals surface area contributed by atoms with E-state index in [1.807, 2.05) is 23.0 Å². The number of ether oxygens (including phenoxy) is 1. The molecule has 0 amide bonds. The molecule has 6 nitrogen and oxygen atoms in total. The molecule has 3 heterocycles. The van der Waals surface area contributed by atoms with Crippen LogP contribution in [0.25, 0.3) is 16.8 Å². The van der Waals surface area contributed by atoms with E-state index in [1.165, 1.54) is 0 Å². The second kappa shape index (κ2) is 6.49. The maximum absolute atomic E-state index is 5.91. The maximum atomic E-state index is 5.91. The van der Waals surface area contributed by atoms with Gasteiger partial charge in [0.15, 0.2) is 5.65 Å². The Morgan fingerprint density at radius 3 is 3.08 bits per heavy atom. The number of nitrogens with one attached hydrogen (secondary N) is 2. The molecular weight excluding hydrogens is 302 g/mol. The molecule has 0 saturated carbocycles. The number of anilines is 1. The Labute approximate surface area is 140 Å². The lowest BCUT2D eigenvalue weighted by molar-refractivity contribution is 0.314. The Morgan fingerprint density at radius 1 is 1.17 bits per heavy atom. The van der Waals surface area contributed by atoms with Crippen LogP contribution in [0, 0.1) is 6.92 Å². The minimum atomic E-state index is 0.658. The first-order chi connectivity index (χ1) is 11.8. The summed E-state index contributed by atoms with van der Waals surface area (Å²) in [6, 6.07) is 8.22. The van der Waals surface area contributed by atoms with E-state index in [0.29, 0.717) is 6.61 Å². The highest BCUT2D eigenvalue weighted by molar-refractivity contribution is 5.78. The number of aromatic nitrogens is 3. The van der Waals surface area contributed by atoms with Gasteiger partial charge in [-0.25, -0.2) is 9.50 Å². The van der Waals surface area contributed by atoms with Gasteiger partial charge in [0.2, 0.25) is 0 Å². The van der Waals surface area contributed by atoms with Gasteiger partial charge in [0, 0.05) is 24.8 Å². The van der Waals surface area contributed by atoms with E-state index >= 15 is 0 Å². The first kappa shape index (κ1) is 15.0. The third-order valence-corrected chi connectivity index (χ3v) is 4.11. The van der Waals surface area contributed by atoms with Gasteiger partial charge in [-0.1, -0.05) is 6.07 Å². The van der Waals surface area contributed by atoms with Crippen LogP contribution in [-0.2, 0) is 0 Å². The summed E-state index contributed by atoms with van der Waals surface area (Å²) in [5, 5.41) is 11.2. The van der Waals surface area contributed by atoms with E-state index in [-0.39, 0.29) is 0 Å². The van der Waals surface area contributed by atoms with Gasteiger partial charge >= 0.3 is 0 Å². The van der Waals surface area contributed by atoms with E-state index in [2.05, 4.69) is 40.9 Å². The monoisotopic (exact) mass is 323 g/mol. The fraction of sp³-hybridized carbons (Fsp3) is 0.333. The fourth-order valence-electron chi connectivity index (χ4n) is 2.95. The highest BCUT2D eigenvalue weighted by atomic mass is 16.5. The Hall–Kier alpha value is -2.60. The van der Waals surface area contributed by atoms with Crippen molar-refractivity contribution in [2.75, 3.05) is 31.6 Å². The number of nitrogens with zero attached hydrogens (tertiary/aromatic N) is 3. The molecule has 0 spiro atoms. The summed E-state index contributed by atoms with van der Waals surface area (Å²) in [7, 11) is 0. The van der Waals surface area contributed by atoms with Gasteiger partial charge in [-0.3, -0.25) is 0 Å². The lowest BCUT2D eigenvalue weighted by Gasteiger charge is -2.10. The van der Waals surface area contributed by atoms with E-state index in [1.54, 1.807) is 0 Å². The van der Waals surface area contributed by atoms with Crippen molar-refractivity contribution >= 4 is 11.5 Å². The number of benzene rings is 1. The van der Waals surface area contributed by atoms with Gasteiger partial charge in [0.25, 0.3) is 0 Å². The van der Waals surface area contributed by atoms with Crippen LogP contribution in [0.3, 0.4) is 0 Å². The molecule has 2 aromatic heterocycles. The SMILES string of the molecule is Cc1cc2cc(c1)-c1cnn3ccc(nc13)NCCCNCCO2. The number of hydrogen-bond acceptors (Lipinski definition) is 5. The molecule has 0 unspecified atom stereocenters. The van der Waals surface area contributed by atoms with Crippen LogP contribution in [0.15, 0.2) is 36.7 Å². The molecule has 0 aliphatic carbocycles. The van der Waals surface area contributed by atoms with Gasteiger partial charge in [0.1, 0.15) is 18.2 Å². The van der Waals surface area contributed by atoms with Crippen molar-refractivity contribution in [2.45, 2.75) is 13.3 Å². The lowest BCUT2D eigenvalue weighted by Crippen LogP contribution is -2.23. The molecule has 6 heteroatoms. The van der Waals surface area contributed by atoms with Crippen molar-refractivity contribution in [3.63, 3.8) is 0 Å². The molecule has 1 aliphatic rings. The second-order valence-corrected chi connectivity index (χ2v) is 6.05. The van der Waals surface area contributed by atoms with Crippen LogP contribution < -0.4 is 15.4 Å². The Kier molecular flexibility index (Phi) is 4.04. The molecule has 2 N–H and O–H groups in total. The van der Waals surface area contributed by atoms with E-state index in [0.717, 1.165) is 60.0 Å². The van der Waals surface area contributed by atoms with Crippen molar-refractivity contribution in [3.8, 4) is 16.9 Å². The minimum absolute atomic E-state index is 0.658. The molecule has 4 rings (SSSR count). The molecule has 3 aromatic rings. The molecule has 0 atom stereocenters. The largest absolute Gasteiger partial charge is 0.492 e. The van der Waals surface area contributed by atoms with Gasteiger partial charge in [0.05, 0.1) is 6.20 Å². The average Bonchev–Trinajstić information content (AvgIpc) is 2.99. The van der Waals surface area contributed by atoms with Crippen LogP contribution in [0.1, 0.15) is 12.0 Å². The van der Waals surface area contributed by atoms with Crippen molar-refractivity contribution in [1.29, 1.82) is 0 Å². The topological polar surface area (TPSA) is 63.5 Å². The fourth-order valence-corrected chi connectivity index (χ4v) is 2.95. The highest BCUT2D eigenvalue weighted by Gasteiger charge is 2.11. The highest BCUT2D eigenvalue weighted by Crippen LogP contribution is 2.29. The van der Waals surface area contributed by atoms with Gasteiger partial charge in [-0.15, -0.1) is 0 Å². The lowest BCUT2D eigenvalue weighted by atomic mass is 10.1. The molecule has 4 bridgehead atoms. The standard InChI is InChI=1S/C18H21N5O/c1-13-9-14-11-15(10-13)24-8-6-19-4-2-5-20-17-3-7-23-18(22-17)16(14)12-21-23/h3,7,9-12,19H,2,4-6,8H2,1H3,(H,20,22). The van der Waals surface area contributed by atoms with Crippen LogP contribution in [-0.4, -0.2) is 40.8 Å². The maximum Gasteiger partial charge on any atom is 0.165 e. The van der Waals surface area contributed by atoms with Crippen molar-refractivity contribution in [2.24, 2.45) is 0 Å². The molecule has 1 aromatic carbocycles. The average molecular weight is 323 g/mol. The number of hydrogen-bond donors (Lipinski definition) is 2.